The first-order valence-corrected chi connectivity index (χ1v) is 9.97. The number of hydrogen-bond donors (Lipinski definition) is 1. The first-order chi connectivity index (χ1) is 9.25. The van der Waals surface area contributed by atoms with Gasteiger partial charge < -0.3 is 5.73 Å². The molecule has 0 saturated heterocycles. The second-order valence-corrected chi connectivity index (χ2v) is 8.45. The van der Waals surface area contributed by atoms with Crippen molar-refractivity contribution in [3.8, 4) is 0 Å². The Morgan fingerprint density at radius 1 is 1.50 bits per heavy atom. The Bertz CT molecular complexity index is 581. The Morgan fingerprint density at radius 3 is 2.60 bits per heavy atom. The van der Waals surface area contributed by atoms with Crippen LogP contribution in [0.1, 0.15) is 13.3 Å². The van der Waals surface area contributed by atoms with E-state index in [1.54, 1.807) is 18.8 Å². The first kappa shape index (κ1) is 18.1. The van der Waals surface area contributed by atoms with Crippen LogP contribution in [0.15, 0.2) is 21.5 Å². The predicted molar refractivity (Wildman–Crippen MR) is 91.0 cm³/mol. The van der Waals surface area contributed by atoms with Crippen molar-refractivity contribution >= 4 is 55.0 Å². The van der Waals surface area contributed by atoms with Crippen molar-refractivity contribution in [2.24, 2.45) is 0 Å². The zero-order valence-corrected chi connectivity index (χ0v) is 15.5. The number of benzene rings is 1. The number of nitrogens with zero attached hydrogens (tertiary/aromatic N) is 1. The van der Waals surface area contributed by atoms with Crippen molar-refractivity contribution in [3.63, 3.8) is 0 Å². The average Bonchev–Trinajstić information content (AvgIpc) is 2.39. The van der Waals surface area contributed by atoms with E-state index in [2.05, 4.69) is 15.9 Å². The normalized spacial score (nSPS) is 13.7. The molecule has 20 heavy (non-hydrogen) atoms. The molecule has 0 aliphatic carbocycles. The molecule has 1 aromatic carbocycles. The molecule has 0 saturated carbocycles. The fourth-order valence-corrected chi connectivity index (χ4v) is 5.41. The summed E-state index contributed by atoms with van der Waals surface area (Å²) in [4.78, 5) is 0.101. The molecule has 1 aromatic rings. The highest BCUT2D eigenvalue weighted by Gasteiger charge is 2.29. The molecule has 1 rings (SSSR count). The second kappa shape index (κ2) is 7.35. The molecule has 0 amide bonds. The van der Waals surface area contributed by atoms with Gasteiger partial charge in [-0.3, -0.25) is 0 Å². The van der Waals surface area contributed by atoms with Gasteiger partial charge in [0.15, 0.2) is 0 Å². The van der Waals surface area contributed by atoms with E-state index in [-0.39, 0.29) is 10.9 Å². The number of thioether (sulfide) groups is 1. The molecule has 0 bridgehead atoms. The molecule has 0 heterocycles. The molecule has 0 aliphatic rings. The van der Waals surface area contributed by atoms with Gasteiger partial charge in [0.25, 0.3) is 0 Å². The Labute approximate surface area is 138 Å². The number of rotatable bonds is 6. The van der Waals surface area contributed by atoms with Crippen molar-refractivity contribution in [1.29, 1.82) is 0 Å². The Morgan fingerprint density at radius 2 is 2.10 bits per heavy atom. The largest absolute Gasteiger partial charge is 0.398 e. The summed E-state index contributed by atoms with van der Waals surface area (Å²) >= 11 is 10.8. The molecule has 2 N–H and O–H groups in total. The zero-order valence-electron chi connectivity index (χ0n) is 11.6. The van der Waals surface area contributed by atoms with Crippen molar-refractivity contribution in [2.45, 2.75) is 24.3 Å². The van der Waals surface area contributed by atoms with E-state index in [1.807, 2.05) is 13.2 Å². The highest BCUT2D eigenvalue weighted by Crippen LogP contribution is 2.33. The van der Waals surface area contributed by atoms with Gasteiger partial charge in [0, 0.05) is 29.6 Å². The first-order valence-electron chi connectivity index (χ1n) is 5.97. The molecule has 0 fully saturated rings. The van der Waals surface area contributed by atoms with Crippen LogP contribution >= 0.6 is 39.3 Å². The molecular weight excluding hydrogens is 384 g/mol. The topological polar surface area (TPSA) is 63.4 Å². The molecule has 0 aliphatic heterocycles. The van der Waals surface area contributed by atoms with Crippen molar-refractivity contribution < 1.29 is 8.42 Å². The third kappa shape index (κ3) is 3.82. The summed E-state index contributed by atoms with van der Waals surface area (Å²) in [5.74, 6) is 0.736. The summed E-state index contributed by atoms with van der Waals surface area (Å²) in [6.45, 7) is 1.97. The standard InChI is InChI=1S/C12H18BrClN2O2S2/c1-4-9(7-19-3)16(2)20(17,18)11-6-8(14)5-10(15)12(11)13/h5-6,9H,4,7,15H2,1-3H3. The maximum absolute atomic E-state index is 12.7. The minimum atomic E-state index is -3.64. The van der Waals surface area contributed by atoms with Gasteiger partial charge in [-0.05, 0) is 40.7 Å². The molecule has 4 nitrogen and oxygen atoms in total. The van der Waals surface area contributed by atoms with Gasteiger partial charge in [-0.1, -0.05) is 18.5 Å². The number of halogens is 2. The molecule has 114 valence electrons. The number of sulfonamides is 1. The third-order valence-electron chi connectivity index (χ3n) is 3.03. The summed E-state index contributed by atoms with van der Waals surface area (Å²) in [6, 6.07) is 2.87. The molecule has 0 radical (unpaired) electrons. The lowest BCUT2D eigenvalue weighted by molar-refractivity contribution is 0.385. The van der Waals surface area contributed by atoms with Gasteiger partial charge in [0.1, 0.15) is 0 Å². The molecule has 1 unspecified atom stereocenters. The van der Waals surface area contributed by atoms with Crippen molar-refractivity contribution in [3.05, 3.63) is 21.6 Å². The van der Waals surface area contributed by atoms with E-state index in [0.29, 0.717) is 15.2 Å². The highest BCUT2D eigenvalue weighted by molar-refractivity contribution is 9.10. The van der Waals surface area contributed by atoms with Crippen LogP contribution in [-0.4, -0.2) is 37.8 Å². The van der Waals surface area contributed by atoms with Crippen LogP contribution in [0.3, 0.4) is 0 Å². The number of hydrogen-bond acceptors (Lipinski definition) is 4. The zero-order chi connectivity index (χ0) is 15.5. The summed E-state index contributed by atoms with van der Waals surface area (Å²) in [7, 11) is -2.05. The monoisotopic (exact) mass is 400 g/mol. The number of nitrogen functional groups attached to an aromatic ring is 1. The molecular formula is C12H18BrClN2O2S2. The van der Waals surface area contributed by atoms with Gasteiger partial charge in [-0.25, -0.2) is 8.42 Å². The summed E-state index contributed by atoms with van der Waals surface area (Å²) < 4.78 is 27.2. The second-order valence-electron chi connectivity index (χ2n) is 4.35. The highest BCUT2D eigenvalue weighted by atomic mass is 79.9. The fraction of sp³-hybridized carbons (Fsp3) is 0.500. The van der Waals surface area contributed by atoms with Crippen molar-refractivity contribution in [1.82, 2.24) is 4.31 Å². The van der Waals surface area contributed by atoms with Gasteiger partial charge in [-0.15, -0.1) is 0 Å². The summed E-state index contributed by atoms with van der Waals surface area (Å²) in [5, 5.41) is 0.301. The van der Waals surface area contributed by atoms with E-state index < -0.39 is 10.0 Å². The minimum Gasteiger partial charge on any atom is -0.398 e. The lowest BCUT2D eigenvalue weighted by Crippen LogP contribution is -2.38. The summed E-state index contributed by atoms with van der Waals surface area (Å²) in [5.41, 5.74) is 6.07. The van der Waals surface area contributed by atoms with E-state index in [9.17, 15) is 8.42 Å². The maximum atomic E-state index is 12.7. The molecule has 0 spiro atoms. The van der Waals surface area contributed by atoms with Crippen LogP contribution < -0.4 is 5.73 Å². The van der Waals surface area contributed by atoms with Gasteiger partial charge in [-0.2, -0.15) is 16.1 Å². The Balaban J connectivity index is 3.29. The Hall–Kier alpha value is 0.0500. The smallest absolute Gasteiger partial charge is 0.244 e. The van der Waals surface area contributed by atoms with Gasteiger partial charge in [0.05, 0.1) is 9.37 Å². The van der Waals surface area contributed by atoms with Crippen LogP contribution in [0, 0.1) is 0 Å². The fourth-order valence-electron chi connectivity index (χ4n) is 1.80. The lowest BCUT2D eigenvalue weighted by Gasteiger charge is -2.26. The maximum Gasteiger partial charge on any atom is 0.244 e. The quantitative estimate of drug-likeness (QED) is 0.742. The number of anilines is 1. The van der Waals surface area contributed by atoms with Crippen LogP contribution in [-0.2, 0) is 10.0 Å². The van der Waals surface area contributed by atoms with Crippen LogP contribution in [0.4, 0.5) is 5.69 Å². The third-order valence-corrected chi connectivity index (χ3v) is 7.05. The van der Waals surface area contributed by atoms with E-state index in [0.717, 1.165) is 12.2 Å². The molecule has 0 aromatic heterocycles. The predicted octanol–water partition coefficient (Wildman–Crippen LogP) is 3.45. The number of nitrogens with two attached hydrogens (primary N) is 1. The van der Waals surface area contributed by atoms with E-state index in [4.69, 9.17) is 17.3 Å². The van der Waals surface area contributed by atoms with E-state index >= 15 is 0 Å². The SMILES string of the molecule is CCC(CSC)N(C)S(=O)(=O)c1cc(Cl)cc(N)c1Br. The molecule has 1 atom stereocenters. The van der Waals surface area contributed by atoms with Crippen molar-refractivity contribution in [2.75, 3.05) is 24.8 Å². The van der Waals surface area contributed by atoms with Gasteiger partial charge >= 0.3 is 0 Å². The molecule has 8 heteroatoms. The van der Waals surface area contributed by atoms with Crippen LogP contribution in [0.25, 0.3) is 0 Å². The Kier molecular flexibility index (Phi) is 6.66. The lowest BCUT2D eigenvalue weighted by atomic mass is 10.3. The van der Waals surface area contributed by atoms with Gasteiger partial charge in [0.2, 0.25) is 10.0 Å². The summed E-state index contributed by atoms with van der Waals surface area (Å²) in [6.07, 6.45) is 2.70. The van der Waals surface area contributed by atoms with E-state index in [1.165, 1.54) is 16.4 Å². The minimum absolute atomic E-state index is 0.0675. The van der Waals surface area contributed by atoms with Crippen LogP contribution in [0.5, 0.6) is 0 Å². The van der Waals surface area contributed by atoms with Crippen LogP contribution in [0.2, 0.25) is 5.02 Å². The average molecular weight is 402 g/mol.